The molecule has 1 atom stereocenters. The van der Waals surface area contributed by atoms with Crippen LogP contribution in [0.15, 0.2) is 30.5 Å². The van der Waals surface area contributed by atoms with E-state index in [2.05, 4.69) is 37.0 Å². The van der Waals surface area contributed by atoms with Crippen molar-refractivity contribution in [3.8, 4) is 6.07 Å². The normalized spacial score (nSPS) is 12.0. The summed E-state index contributed by atoms with van der Waals surface area (Å²) in [7, 11) is 0. The molecule has 0 fully saturated rings. The predicted molar refractivity (Wildman–Crippen MR) is 72.7 cm³/mol. The van der Waals surface area contributed by atoms with Crippen molar-refractivity contribution < 1.29 is 0 Å². The van der Waals surface area contributed by atoms with Crippen LogP contribution in [-0.2, 0) is 0 Å². The van der Waals surface area contributed by atoms with Crippen molar-refractivity contribution in [2.75, 3.05) is 5.32 Å². The average Bonchev–Trinajstić information content (AvgIpc) is 3.02. The number of hydrogen-bond acceptors (Lipinski definition) is 6. The molecular formula is C13H11N7. The largest absolute Gasteiger partial charge is 0.374 e. The zero-order chi connectivity index (χ0) is 13.9. The maximum Gasteiger partial charge on any atom is 0.196 e. The minimum absolute atomic E-state index is 0.174. The molecule has 20 heavy (non-hydrogen) atoms. The Balaban J connectivity index is 2.07. The predicted octanol–water partition coefficient (Wildman–Crippen LogP) is 1.79. The second kappa shape index (κ2) is 4.93. The molecule has 2 heterocycles. The molecule has 7 heteroatoms. The monoisotopic (exact) mass is 265 g/mol. The molecule has 2 aromatic heterocycles. The number of anilines is 1. The minimum atomic E-state index is -0.174. The van der Waals surface area contributed by atoms with Crippen LogP contribution in [0, 0.1) is 11.3 Å². The molecule has 3 rings (SSSR count). The number of nitrogens with zero attached hydrogens (tertiary/aromatic N) is 5. The first-order valence-corrected chi connectivity index (χ1v) is 6.07. The molecule has 3 aromatic rings. The van der Waals surface area contributed by atoms with Gasteiger partial charge in [-0.2, -0.15) is 10.5 Å². The van der Waals surface area contributed by atoms with Crippen molar-refractivity contribution in [1.29, 1.82) is 5.26 Å². The number of fused-ring (bicyclic) bond motifs is 1. The Bertz CT molecular complexity index is 773. The molecule has 98 valence electrons. The van der Waals surface area contributed by atoms with Crippen LogP contribution in [0.2, 0.25) is 0 Å². The van der Waals surface area contributed by atoms with E-state index in [1.807, 2.05) is 31.2 Å². The number of benzene rings is 1. The molecule has 0 saturated carbocycles. The lowest BCUT2D eigenvalue weighted by molar-refractivity contribution is 0.794. The van der Waals surface area contributed by atoms with Crippen molar-refractivity contribution in [2.45, 2.75) is 13.0 Å². The maximum absolute atomic E-state index is 9.24. The van der Waals surface area contributed by atoms with Crippen molar-refractivity contribution in [3.05, 3.63) is 41.9 Å². The molecule has 1 unspecified atom stereocenters. The SMILES string of the molecule is CC(Nc1c(C#N)cnc2ccccc12)c1nn[nH]n1. The van der Waals surface area contributed by atoms with Gasteiger partial charge in [0.05, 0.1) is 22.8 Å². The Morgan fingerprint density at radius 2 is 2.20 bits per heavy atom. The Morgan fingerprint density at radius 3 is 2.95 bits per heavy atom. The Hall–Kier alpha value is -3.01. The zero-order valence-electron chi connectivity index (χ0n) is 10.7. The van der Waals surface area contributed by atoms with Gasteiger partial charge < -0.3 is 5.32 Å². The molecule has 0 radical (unpaired) electrons. The number of H-pyrrole nitrogens is 1. The summed E-state index contributed by atoms with van der Waals surface area (Å²) in [5.41, 5.74) is 2.05. The summed E-state index contributed by atoms with van der Waals surface area (Å²) in [6.07, 6.45) is 1.56. The van der Waals surface area contributed by atoms with Gasteiger partial charge in [-0.05, 0) is 13.0 Å². The molecule has 2 N–H and O–H groups in total. The molecule has 0 aliphatic carbocycles. The van der Waals surface area contributed by atoms with E-state index in [4.69, 9.17) is 0 Å². The second-order valence-corrected chi connectivity index (χ2v) is 4.31. The average molecular weight is 265 g/mol. The van der Waals surface area contributed by atoms with Gasteiger partial charge in [-0.3, -0.25) is 4.98 Å². The molecule has 1 aromatic carbocycles. The van der Waals surface area contributed by atoms with E-state index in [-0.39, 0.29) is 6.04 Å². The number of aromatic amines is 1. The lowest BCUT2D eigenvalue weighted by Crippen LogP contribution is -2.10. The molecule has 0 saturated heterocycles. The van der Waals surface area contributed by atoms with Gasteiger partial charge in [0, 0.05) is 11.6 Å². The van der Waals surface area contributed by atoms with E-state index in [0.717, 1.165) is 16.6 Å². The number of nitriles is 1. The van der Waals surface area contributed by atoms with Gasteiger partial charge in [-0.1, -0.05) is 23.4 Å². The fourth-order valence-electron chi connectivity index (χ4n) is 2.02. The van der Waals surface area contributed by atoms with E-state index in [9.17, 15) is 5.26 Å². The second-order valence-electron chi connectivity index (χ2n) is 4.31. The van der Waals surface area contributed by atoms with E-state index < -0.39 is 0 Å². The Morgan fingerprint density at radius 1 is 1.35 bits per heavy atom. The van der Waals surface area contributed by atoms with Gasteiger partial charge in [-0.25, -0.2) is 0 Å². The summed E-state index contributed by atoms with van der Waals surface area (Å²) in [6.45, 7) is 1.90. The number of para-hydroxylation sites is 1. The highest BCUT2D eigenvalue weighted by atomic mass is 15.5. The molecule has 0 bridgehead atoms. The standard InChI is InChI=1S/C13H11N7/c1-8(13-17-19-20-18-13)16-12-9(6-14)7-15-11-5-3-2-4-10(11)12/h2-5,7-8H,1H3,(H,15,16)(H,17,18,19,20). The van der Waals surface area contributed by atoms with Gasteiger partial charge in [0.2, 0.25) is 0 Å². The molecular weight excluding hydrogens is 254 g/mol. The van der Waals surface area contributed by atoms with Crippen LogP contribution >= 0.6 is 0 Å². The van der Waals surface area contributed by atoms with Gasteiger partial charge >= 0.3 is 0 Å². The van der Waals surface area contributed by atoms with Gasteiger partial charge in [-0.15, -0.1) is 10.2 Å². The van der Waals surface area contributed by atoms with Crippen molar-refractivity contribution in [2.24, 2.45) is 0 Å². The molecule has 0 aliphatic rings. The smallest absolute Gasteiger partial charge is 0.196 e. The van der Waals surface area contributed by atoms with Gasteiger partial charge in [0.1, 0.15) is 6.07 Å². The van der Waals surface area contributed by atoms with Crippen molar-refractivity contribution in [3.63, 3.8) is 0 Å². The van der Waals surface area contributed by atoms with Crippen molar-refractivity contribution >= 4 is 16.6 Å². The highest BCUT2D eigenvalue weighted by molar-refractivity contribution is 5.93. The summed E-state index contributed by atoms with van der Waals surface area (Å²) < 4.78 is 0. The number of nitrogens with one attached hydrogen (secondary N) is 2. The number of hydrogen-bond donors (Lipinski definition) is 2. The number of rotatable bonds is 3. The molecule has 0 amide bonds. The minimum Gasteiger partial charge on any atom is -0.374 e. The van der Waals surface area contributed by atoms with E-state index >= 15 is 0 Å². The van der Waals surface area contributed by atoms with E-state index in [0.29, 0.717) is 11.4 Å². The number of tetrazole rings is 1. The van der Waals surface area contributed by atoms with E-state index in [1.54, 1.807) is 6.20 Å². The summed E-state index contributed by atoms with van der Waals surface area (Å²) in [5.74, 6) is 0.537. The lowest BCUT2D eigenvalue weighted by Gasteiger charge is -2.14. The van der Waals surface area contributed by atoms with Gasteiger partial charge in [0.15, 0.2) is 5.82 Å². The fraction of sp³-hybridized carbons (Fsp3) is 0.154. The zero-order valence-corrected chi connectivity index (χ0v) is 10.7. The third-order valence-corrected chi connectivity index (χ3v) is 3.01. The van der Waals surface area contributed by atoms with Crippen LogP contribution in [0.5, 0.6) is 0 Å². The van der Waals surface area contributed by atoms with Crippen LogP contribution in [-0.4, -0.2) is 25.6 Å². The summed E-state index contributed by atoms with van der Waals surface area (Å²) >= 11 is 0. The molecule has 0 aliphatic heterocycles. The van der Waals surface area contributed by atoms with Crippen LogP contribution in [0.1, 0.15) is 24.4 Å². The third-order valence-electron chi connectivity index (χ3n) is 3.01. The van der Waals surface area contributed by atoms with Crippen molar-refractivity contribution in [1.82, 2.24) is 25.6 Å². The summed E-state index contributed by atoms with van der Waals surface area (Å²) in [6, 6.07) is 9.63. The quantitative estimate of drug-likeness (QED) is 0.748. The lowest BCUT2D eigenvalue weighted by atomic mass is 10.1. The fourth-order valence-corrected chi connectivity index (χ4v) is 2.02. The summed E-state index contributed by atoms with van der Waals surface area (Å²) in [4.78, 5) is 4.27. The van der Waals surface area contributed by atoms with Crippen LogP contribution in [0.4, 0.5) is 5.69 Å². The number of pyridine rings is 1. The first-order valence-electron chi connectivity index (χ1n) is 6.07. The topological polar surface area (TPSA) is 103 Å². The highest BCUT2D eigenvalue weighted by Gasteiger charge is 2.15. The Kier molecular flexibility index (Phi) is 2.97. The van der Waals surface area contributed by atoms with Crippen LogP contribution in [0.25, 0.3) is 10.9 Å². The van der Waals surface area contributed by atoms with Crippen LogP contribution < -0.4 is 5.32 Å². The first kappa shape index (κ1) is 12.0. The number of aromatic nitrogens is 5. The van der Waals surface area contributed by atoms with E-state index in [1.165, 1.54) is 0 Å². The Labute approximate surface area is 114 Å². The maximum atomic E-state index is 9.24. The summed E-state index contributed by atoms with van der Waals surface area (Å²) in [5, 5.41) is 27.2. The molecule has 7 nitrogen and oxygen atoms in total. The third kappa shape index (κ3) is 2.03. The first-order chi connectivity index (χ1) is 9.79. The van der Waals surface area contributed by atoms with Gasteiger partial charge in [0.25, 0.3) is 0 Å². The van der Waals surface area contributed by atoms with Crippen LogP contribution in [0.3, 0.4) is 0 Å². The molecule has 0 spiro atoms. The highest BCUT2D eigenvalue weighted by Crippen LogP contribution is 2.28.